The van der Waals surface area contributed by atoms with Crippen LogP contribution in [0.1, 0.15) is 40.7 Å². The van der Waals surface area contributed by atoms with Crippen LogP contribution in [0.3, 0.4) is 0 Å². The third-order valence-corrected chi connectivity index (χ3v) is 8.50. The molecule has 290 valence electrons. The summed E-state index contributed by atoms with van der Waals surface area (Å²) in [7, 11) is 0. The third-order valence-electron chi connectivity index (χ3n) is 8.50. The van der Waals surface area contributed by atoms with Crippen LogP contribution in [0.25, 0.3) is 0 Å². The molecule has 0 spiro atoms. The van der Waals surface area contributed by atoms with Gasteiger partial charge in [-0.25, -0.2) is 14.4 Å². The summed E-state index contributed by atoms with van der Waals surface area (Å²) >= 11 is 0. The fraction of sp³-hybridized carbons (Fsp3) is 0.227. The van der Waals surface area contributed by atoms with Gasteiger partial charge in [-0.15, -0.1) is 0 Å². The number of rotatable bonds is 19. The van der Waals surface area contributed by atoms with E-state index in [2.05, 4.69) is 16.0 Å². The van der Waals surface area contributed by atoms with E-state index in [9.17, 15) is 24.3 Å². The summed E-state index contributed by atoms with van der Waals surface area (Å²) < 4.78 is 22.2. The van der Waals surface area contributed by atoms with Crippen LogP contribution in [0, 0.1) is 0 Å². The van der Waals surface area contributed by atoms with E-state index in [-0.39, 0.29) is 63.7 Å². The monoisotopic (exact) mass is 759 g/mol. The van der Waals surface area contributed by atoms with Gasteiger partial charge in [-0.1, -0.05) is 127 Å². The zero-order valence-electron chi connectivity index (χ0n) is 30.8. The average molecular weight is 760 g/mol. The molecule has 0 bridgehead atoms. The fourth-order valence-corrected chi connectivity index (χ4v) is 5.51. The Balaban J connectivity index is 1.26. The minimum Gasteiger partial charge on any atom is -0.504 e. The number of amides is 3. The summed E-state index contributed by atoms with van der Waals surface area (Å²) in [5, 5.41) is 18.6. The molecule has 2 atom stereocenters. The number of phenolic OH excluding ortho intramolecular Hbond substituents is 1. The maximum absolute atomic E-state index is 13.9. The van der Waals surface area contributed by atoms with E-state index in [1.807, 2.05) is 109 Å². The van der Waals surface area contributed by atoms with Crippen LogP contribution in [0.2, 0.25) is 0 Å². The number of hydrogen-bond acceptors (Lipinski definition) is 9. The van der Waals surface area contributed by atoms with Gasteiger partial charge in [0.1, 0.15) is 38.5 Å². The molecular weight excluding hydrogens is 714 g/mol. The van der Waals surface area contributed by atoms with Crippen molar-refractivity contribution in [3.63, 3.8) is 0 Å². The maximum Gasteiger partial charge on any atom is 0.408 e. The summed E-state index contributed by atoms with van der Waals surface area (Å²) in [4.78, 5) is 52.9. The molecule has 0 aliphatic carbocycles. The zero-order valence-corrected chi connectivity index (χ0v) is 30.8. The van der Waals surface area contributed by atoms with Gasteiger partial charge >= 0.3 is 18.2 Å². The number of carbonyl (C=O) groups is 4. The first-order chi connectivity index (χ1) is 27.3. The normalized spacial score (nSPS) is 11.6. The molecule has 4 N–H and O–H groups in total. The number of nitrogens with one attached hydrogen (secondary N) is 3. The molecule has 0 saturated heterocycles. The zero-order chi connectivity index (χ0) is 39.4. The van der Waals surface area contributed by atoms with Crippen molar-refractivity contribution < 1.29 is 43.2 Å². The molecule has 0 saturated carbocycles. The Labute approximate surface area is 325 Å². The van der Waals surface area contributed by atoms with Crippen molar-refractivity contribution in [2.45, 2.75) is 57.8 Å². The van der Waals surface area contributed by atoms with Gasteiger partial charge < -0.3 is 40.0 Å². The summed E-state index contributed by atoms with van der Waals surface area (Å²) in [6.07, 6.45) is -1.16. The van der Waals surface area contributed by atoms with Crippen molar-refractivity contribution in [1.82, 2.24) is 16.0 Å². The van der Waals surface area contributed by atoms with Gasteiger partial charge in [-0.05, 0) is 52.8 Å². The highest BCUT2D eigenvalue weighted by Crippen LogP contribution is 2.28. The lowest BCUT2D eigenvalue weighted by atomic mass is 10.0. The predicted octanol–water partition coefficient (Wildman–Crippen LogP) is 6.74. The Morgan fingerprint density at radius 2 is 1.04 bits per heavy atom. The first kappa shape index (κ1) is 40.4. The average Bonchev–Trinajstić information content (AvgIpc) is 3.23. The van der Waals surface area contributed by atoms with Crippen molar-refractivity contribution >= 4 is 24.1 Å². The van der Waals surface area contributed by atoms with Crippen LogP contribution in [0.5, 0.6) is 11.5 Å². The van der Waals surface area contributed by atoms with Crippen molar-refractivity contribution in [1.29, 1.82) is 0 Å². The first-order valence-electron chi connectivity index (χ1n) is 18.2. The van der Waals surface area contributed by atoms with Crippen LogP contribution < -0.4 is 20.7 Å². The van der Waals surface area contributed by atoms with Crippen molar-refractivity contribution in [3.8, 4) is 11.5 Å². The smallest absolute Gasteiger partial charge is 0.408 e. The molecule has 5 rings (SSSR count). The lowest BCUT2D eigenvalue weighted by Crippen LogP contribution is -2.52. The number of aromatic hydroxyl groups is 1. The number of esters is 1. The van der Waals surface area contributed by atoms with Gasteiger partial charge in [0, 0.05) is 13.0 Å². The highest BCUT2D eigenvalue weighted by Gasteiger charge is 2.29. The second-order valence-electron chi connectivity index (χ2n) is 12.8. The minimum absolute atomic E-state index is 0.0265. The SMILES string of the molecule is O=C(NCCC[C@H](NC(=O)OCc1ccccc1)C(=O)N[C@@H](Cc1ccc(O)c(OCc2ccccc2)c1)C(=O)OCc1ccccc1)OCc1ccccc1. The fourth-order valence-electron chi connectivity index (χ4n) is 5.51. The molecule has 5 aromatic carbocycles. The Morgan fingerprint density at radius 3 is 1.59 bits per heavy atom. The van der Waals surface area contributed by atoms with Gasteiger partial charge in [-0.2, -0.15) is 0 Å². The van der Waals surface area contributed by atoms with E-state index in [4.69, 9.17) is 18.9 Å². The molecule has 12 nitrogen and oxygen atoms in total. The molecule has 0 unspecified atom stereocenters. The van der Waals surface area contributed by atoms with Crippen molar-refractivity contribution in [2.24, 2.45) is 0 Å². The van der Waals surface area contributed by atoms with Gasteiger partial charge in [0.15, 0.2) is 11.5 Å². The topological polar surface area (TPSA) is 162 Å². The highest BCUT2D eigenvalue weighted by molar-refractivity contribution is 5.89. The second kappa shape index (κ2) is 21.8. The van der Waals surface area contributed by atoms with Crippen LogP contribution in [0.15, 0.2) is 140 Å². The van der Waals surface area contributed by atoms with E-state index >= 15 is 0 Å². The molecule has 0 aromatic heterocycles. The van der Waals surface area contributed by atoms with E-state index < -0.39 is 36.1 Å². The van der Waals surface area contributed by atoms with E-state index in [0.29, 0.717) is 5.56 Å². The lowest BCUT2D eigenvalue weighted by Gasteiger charge is -2.23. The van der Waals surface area contributed by atoms with Gasteiger partial charge in [0.2, 0.25) is 5.91 Å². The van der Waals surface area contributed by atoms with Gasteiger partial charge in [0.25, 0.3) is 0 Å². The summed E-state index contributed by atoms with van der Waals surface area (Å²) in [6, 6.07) is 39.1. The van der Waals surface area contributed by atoms with Crippen LogP contribution >= 0.6 is 0 Å². The Hall–Kier alpha value is -6.82. The minimum atomic E-state index is -1.20. The highest BCUT2D eigenvalue weighted by atomic mass is 16.6. The van der Waals surface area contributed by atoms with Gasteiger partial charge in [-0.3, -0.25) is 4.79 Å². The second-order valence-corrected chi connectivity index (χ2v) is 12.8. The van der Waals surface area contributed by atoms with E-state index in [1.54, 1.807) is 24.3 Å². The Bertz CT molecular complexity index is 1980. The van der Waals surface area contributed by atoms with Crippen LogP contribution in [-0.4, -0.2) is 47.8 Å². The number of alkyl carbamates (subject to hydrolysis) is 2. The molecule has 3 amide bonds. The number of hydrogen-bond donors (Lipinski definition) is 4. The lowest BCUT2D eigenvalue weighted by molar-refractivity contribution is -0.149. The summed E-state index contributed by atoms with van der Waals surface area (Å²) in [6.45, 7) is 0.368. The van der Waals surface area contributed by atoms with E-state index in [1.165, 1.54) is 6.07 Å². The van der Waals surface area contributed by atoms with Crippen molar-refractivity contribution in [2.75, 3.05) is 6.54 Å². The summed E-state index contributed by atoms with van der Waals surface area (Å²) in [5.74, 6) is -1.28. The van der Waals surface area contributed by atoms with Crippen LogP contribution in [0.4, 0.5) is 9.59 Å². The van der Waals surface area contributed by atoms with Crippen molar-refractivity contribution in [3.05, 3.63) is 167 Å². The molecule has 0 heterocycles. The Morgan fingerprint density at radius 1 is 0.536 bits per heavy atom. The molecule has 5 aromatic rings. The molecular formula is C44H45N3O9. The number of carbonyl (C=O) groups excluding carboxylic acids is 4. The standard InChI is InChI=1S/C44H45N3O9/c48-39-24-23-36(27-40(39)53-28-32-14-5-1-6-15-32)26-38(42(50)54-29-33-16-7-2-8-17-33)46-41(49)37(47-44(52)56-31-35-20-11-4-12-21-35)22-13-25-45-43(51)55-30-34-18-9-3-10-19-34/h1-12,14-21,23-24,27,37-38,48H,13,22,25-26,28-31H2,(H,45,51)(H,46,49)(H,47,52)/t37-,38-/m0/s1. The maximum atomic E-state index is 13.9. The number of phenols is 1. The quantitative estimate of drug-likeness (QED) is 0.0406. The molecule has 0 aliphatic heterocycles. The summed E-state index contributed by atoms with van der Waals surface area (Å²) in [5.41, 5.74) is 3.80. The molecule has 56 heavy (non-hydrogen) atoms. The molecule has 0 fully saturated rings. The van der Waals surface area contributed by atoms with E-state index in [0.717, 1.165) is 22.3 Å². The molecule has 12 heteroatoms. The number of ether oxygens (including phenoxy) is 4. The van der Waals surface area contributed by atoms with Gasteiger partial charge in [0.05, 0.1) is 0 Å². The largest absolute Gasteiger partial charge is 0.504 e. The Kier molecular flexibility index (Phi) is 15.7. The molecule has 0 radical (unpaired) electrons. The number of benzene rings is 5. The van der Waals surface area contributed by atoms with Crippen LogP contribution in [-0.2, 0) is 56.6 Å². The predicted molar refractivity (Wildman–Crippen MR) is 208 cm³/mol. The molecule has 0 aliphatic rings. The first-order valence-corrected chi connectivity index (χ1v) is 18.2. The third kappa shape index (κ3) is 13.9.